The molecule has 5 heteroatoms. The molecule has 1 aromatic carbocycles. The number of carboxylic acids is 1. The van der Waals surface area contributed by atoms with Crippen LogP contribution in [0.3, 0.4) is 0 Å². The Morgan fingerprint density at radius 2 is 1.85 bits per heavy atom. The summed E-state index contributed by atoms with van der Waals surface area (Å²) in [7, 11) is 0. The van der Waals surface area contributed by atoms with E-state index in [2.05, 4.69) is 5.32 Å². The second kappa shape index (κ2) is 5.61. The summed E-state index contributed by atoms with van der Waals surface area (Å²) in [5, 5.41) is 12.0. The number of nitrogens with zero attached hydrogens (tertiary/aromatic N) is 1. The Labute approximate surface area is 116 Å². The molecule has 0 aliphatic heterocycles. The third-order valence-corrected chi connectivity index (χ3v) is 3.06. The molecule has 2 N–H and O–H groups in total. The highest BCUT2D eigenvalue weighted by Crippen LogP contribution is 2.15. The van der Waals surface area contributed by atoms with Crippen LogP contribution in [0.5, 0.6) is 0 Å². The lowest BCUT2D eigenvalue weighted by Gasteiger charge is -2.10. The molecule has 1 amide bonds. The summed E-state index contributed by atoms with van der Waals surface area (Å²) >= 11 is 0. The van der Waals surface area contributed by atoms with Crippen molar-refractivity contribution in [3.8, 4) is 0 Å². The molecule has 104 valence electrons. The maximum absolute atomic E-state index is 12.0. The van der Waals surface area contributed by atoms with Gasteiger partial charge in [-0.05, 0) is 37.6 Å². The van der Waals surface area contributed by atoms with E-state index in [-0.39, 0.29) is 18.1 Å². The van der Waals surface area contributed by atoms with Crippen LogP contribution < -0.4 is 5.32 Å². The van der Waals surface area contributed by atoms with Gasteiger partial charge in [0.05, 0.1) is 0 Å². The van der Waals surface area contributed by atoms with Gasteiger partial charge in [0.15, 0.2) is 0 Å². The molecule has 0 unspecified atom stereocenters. The predicted octanol–water partition coefficient (Wildman–Crippen LogP) is 2.44. The molecule has 2 aromatic rings. The highest BCUT2D eigenvalue weighted by molar-refractivity contribution is 5.92. The Morgan fingerprint density at radius 1 is 1.20 bits per heavy atom. The number of amides is 1. The molecule has 2 rings (SSSR count). The number of carbonyl (C=O) groups excluding carboxylic acids is 1. The molecular formula is C15H16N2O3. The van der Waals surface area contributed by atoms with E-state index in [1.807, 2.05) is 18.2 Å². The molecule has 0 aliphatic rings. The molecule has 1 heterocycles. The first kappa shape index (κ1) is 13.9. The highest BCUT2D eigenvalue weighted by atomic mass is 16.4. The first-order valence-corrected chi connectivity index (χ1v) is 6.24. The van der Waals surface area contributed by atoms with Crippen LogP contribution in [-0.2, 0) is 11.3 Å². The molecule has 0 atom stereocenters. The molecule has 20 heavy (non-hydrogen) atoms. The lowest BCUT2D eigenvalue weighted by Crippen LogP contribution is -2.22. The fourth-order valence-corrected chi connectivity index (χ4v) is 2.20. The minimum absolute atomic E-state index is 0.0177. The lowest BCUT2D eigenvalue weighted by atomic mass is 10.2. The van der Waals surface area contributed by atoms with Crippen LogP contribution >= 0.6 is 0 Å². The summed E-state index contributed by atoms with van der Waals surface area (Å²) in [5.41, 5.74) is 2.26. The van der Waals surface area contributed by atoms with Gasteiger partial charge in [0.2, 0.25) is 5.91 Å². The van der Waals surface area contributed by atoms with Gasteiger partial charge in [-0.25, -0.2) is 4.79 Å². The molecular weight excluding hydrogens is 256 g/mol. The normalized spacial score (nSPS) is 10.3. The lowest BCUT2D eigenvalue weighted by molar-refractivity contribution is -0.116. The first-order valence-electron chi connectivity index (χ1n) is 6.24. The molecule has 0 fully saturated rings. The summed E-state index contributed by atoms with van der Waals surface area (Å²) in [6.45, 7) is 3.49. The maximum atomic E-state index is 12.0. The van der Waals surface area contributed by atoms with Gasteiger partial charge in [0.25, 0.3) is 0 Å². The predicted molar refractivity (Wildman–Crippen MR) is 75.9 cm³/mol. The molecule has 0 bridgehead atoms. The molecule has 0 aliphatic carbocycles. The van der Waals surface area contributed by atoms with Gasteiger partial charge in [-0.2, -0.15) is 0 Å². The van der Waals surface area contributed by atoms with Crippen molar-refractivity contribution in [2.75, 3.05) is 5.32 Å². The summed E-state index contributed by atoms with van der Waals surface area (Å²) < 4.78 is 1.51. The number of carbonyl (C=O) groups is 2. The number of hydrogen-bond donors (Lipinski definition) is 2. The molecule has 0 radical (unpaired) electrons. The van der Waals surface area contributed by atoms with Gasteiger partial charge in [-0.3, -0.25) is 4.79 Å². The van der Waals surface area contributed by atoms with Crippen molar-refractivity contribution in [2.24, 2.45) is 0 Å². The smallest absolute Gasteiger partial charge is 0.352 e. The molecule has 0 spiro atoms. The molecule has 5 nitrogen and oxygen atoms in total. The van der Waals surface area contributed by atoms with E-state index in [4.69, 9.17) is 0 Å². The molecule has 0 saturated carbocycles. The second-order valence-electron chi connectivity index (χ2n) is 4.62. The Bertz CT molecular complexity index is 645. The van der Waals surface area contributed by atoms with E-state index in [0.29, 0.717) is 11.3 Å². The number of rotatable bonds is 4. The van der Waals surface area contributed by atoms with Crippen LogP contribution in [0, 0.1) is 13.8 Å². The van der Waals surface area contributed by atoms with E-state index < -0.39 is 5.97 Å². The third-order valence-electron chi connectivity index (χ3n) is 3.06. The Kier molecular flexibility index (Phi) is 3.89. The van der Waals surface area contributed by atoms with Crippen LogP contribution in [0.25, 0.3) is 0 Å². The SMILES string of the molecule is Cc1cc(C)n(CC(=O)Nc2ccccc2)c1C(=O)O. The number of anilines is 1. The van der Waals surface area contributed by atoms with E-state index in [1.54, 1.807) is 32.0 Å². The molecule has 0 saturated heterocycles. The van der Waals surface area contributed by atoms with Gasteiger partial charge in [0.1, 0.15) is 12.2 Å². The van der Waals surface area contributed by atoms with Crippen molar-refractivity contribution in [1.29, 1.82) is 0 Å². The van der Waals surface area contributed by atoms with E-state index in [0.717, 1.165) is 5.69 Å². The maximum Gasteiger partial charge on any atom is 0.352 e. The Morgan fingerprint density at radius 3 is 2.45 bits per heavy atom. The Hall–Kier alpha value is -2.56. The van der Waals surface area contributed by atoms with Gasteiger partial charge in [0, 0.05) is 11.4 Å². The fourth-order valence-electron chi connectivity index (χ4n) is 2.20. The standard InChI is InChI=1S/C15H16N2O3/c1-10-8-11(2)17(14(10)15(19)20)9-13(18)16-12-6-4-3-5-7-12/h3-8H,9H2,1-2H3,(H,16,18)(H,19,20). The van der Waals surface area contributed by atoms with Crippen LogP contribution in [0.4, 0.5) is 5.69 Å². The van der Waals surface area contributed by atoms with Crippen LogP contribution in [0.15, 0.2) is 36.4 Å². The van der Waals surface area contributed by atoms with Crippen LogP contribution in [0.1, 0.15) is 21.7 Å². The minimum atomic E-state index is -1.02. The minimum Gasteiger partial charge on any atom is -0.477 e. The van der Waals surface area contributed by atoms with Gasteiger partial charge in [-0.15, -0.1) is 0 Å². The van der Waals surface area contributed by atoms with E-state index in [1.165, 1.54) is 4.57 Å². The van der Waals surface area contributed by atoms with Crippen molar-refractivity contribution in [2.45, 2.75) is 20.4 Å². The number of carboxylic acid groups (broad SMARTS) is 1. The Balaban J connectivity index is 2.18. The van der Waals surface area contributed by atoms with Gasteiger partial charge < -0.3 is 15.0 Å². The summed E-state index contributed by atoms with van der Waals surface area (Å²) in [6.07, 6.45) is 0. The zero-order chi connectivity index (χ0) is 14.7. The quantitative estimate of drug-likeness (QED) is 0.898. The average molecular weight is 272 g/mol. The summed E-state index contributed by atoms with van der Waals surface area (Å²) in [4.78, 5) is 23.2. The van der Waals surface area contributed by atoms with Crippen molar-refractivity contribution >= 4 is 17.6 Å². The fraction of sp³-hybridized carbons (Fsp3) is 0.200. The van der Waals surface area contributed by atoms with Crippen molar-refractivity contribution in [3.63, 3.8) is 0 Å². The highest BCUT2D eigenvalue weighted by Gasteiger charge is 2.18. The largest absolute Gasteiger partial charge is 0.477 e. The van der Waals surface area contributed by atoms with Gasteiger partial charge in [-0.1, -0.05) is 18.2 Å². The van der Waals surface area contributed by atoms with E-state index >= 15 is 0 Å². The van der Waals surface area contributed by atoms with E-state index in [9.17, 15) is 14.7 Å². The van der Waals surface area contributed by atoms with Crippen LogP contribution in [-0.4, -0.2) is 21.6 Å². The number of aromatic carboxylic acids is 1. The topological polar surface area (TPSA) is 71.3 Å². The summed E-state index contributed by atoms with van der Waals surface area (Å²) in [6, 6.07) is 10.8. The zero-order valence-electron chi connectivity index (χ0n) is 11.4. The molecule has 1 aromatic heterocycles. The number of aryl methyl sites for hydroxylation is 2. The number of para-hydroxylation sites is 1. The number of hydrogen-bond acceptors (Lipinski definition) is 2. The monoisotopic (exact) mass is 272 g/mol. The second-order valence-corrected chi connectivity index (χ2v) is 4.62. The van der Waals surface area contributed by atoms with Crippen LogP contribution in [0.2, 0.25) is 0 Å². The van der Waals surface area contributed by atoms with Crippen molar-refractivity contribution in [3.05, 3.63) is 53.3 Å². The average Bonchev–Trinajstić information content (AvgIpc) is 2.65. The zero-order valence-corrected chi connectivity index (χ0v) is 11.4. The summed E-state index contributed by atoms with van der Waals surface area (Å²) in [5.74, 6) is -1.28. The number of aromatic nitrogens is 1. The number of nitrogens with one attached hydrogen (secondary N) is 1. The van der Waals surface area contributed by atoms with Crippen molar-refractivity contribution in [1.82, 2.24) is 4.57 Å². The van der Waals surface area contributed by atoms with Gasteiger partial charge >= 0.3 is 5.97 Å². The first-order chi connectivity index (χ1) is 9.49. The van der Waals surface area contributed by atoms with Crippen molar-refractivity contribution < 1.29 is 14.7 Å². The number of benzene rings is 1. The third kappa shape index (κ3) is 2.88.